The third-order valence-electron chi connectivity index (χ3n) is 1.67. The number of anilines is 1. The van der Waals surface area contributed by atoms with Crippen LogP contribution in [0.1, 0.15) is 5.56 Å². The quantitative estimate of drug-likeness (QED) is 0.383. The lowest BCUT2D eigenvalue weighted by Crippen LogP contribution is -2.01. The molecule has 0 radical (unpaired) electrons. The number of carbonyl (C=O) groups is 1. The number of rotatable bonds is 3. The normalized spacial score (nSPS) is 9.64. The van der Waals surface area contributed by atoms with Crippen molar-refractivity contribution >= 4 is 48.1 Å². The van der Waals surface area contributed by atoms with Crippen molar-refractivity contribution in [3.05, 3.63) is 23.8 Å². The van der Waals surface area contributed by atoms with Gasteiger partial charge in [-0.25, -0.2) is 0 Å². The molecule has 0 unspecified atom stereocenters. The average Bonchev–Trinajstić information content (AvgIpc) is 2.16. The highest BCUT2D eigenvalue weighted by molar-refractivity contribution is 14.1. The summed E-state index contributed by atoms with van der Waals surface area (Å²) < 4.78 is 5.05. The van der Waals surface area contributed by atoms with Gasteiger partial charge in [0.2, 0.25) is 0 Å². The second-order valence-electron chi connectivity index (χ2n) is 2.56. The summed E-state index contributed by atoms with van der Waals surface area (Å²) in [5.41, 5.74) is 1.79. The number of hydrogen-bond acceptors (Lipinski definition) is 2. The second-order valence-corrected chi connectivity index (χ2v) is 4.10. The Labute approximate surface area is 104 Å². The van der Waals surface area contributed by atoms with Crippen LogP contribution in [0.5, 0.6) is 5.75 Å². The molecular formula is C9H9BrINO2. The Hall–Kier alpha value is -0.300. The summed E-state index contributed by atoms with van der Waals surface area (Å²) in [5, 5.41) is 3.40. The van der Waals surface area contributed by atoms with Crippen LogP contribution in [-0.4, -0.2) is 11.0 Å². The fourth-order valence-electron chi connectivity index (χ4n) is 1.07. The smallest absolute Gasteiger partial charge is 0.284 e. The molecule has 1 rings (SSSR count). The van der Waals surface area contributed by atoms with Crippen LogP contribution < -0.4 is 10.1 Å². The van der Waals surface area contributed by atoms with Crippen molar-refractivity contribution in [2.24, 2.45) is 0 Å². The van der Waals surface area contributed by atoms with E-state index in [1.165, 1.54) is 0 Å². The highest BCUT2D eigenvalue weighted by atomic mass is 127. The Morgan fingerprint density at radius 2 is 2.36 bits per heavy atom. The van der Waals surface area contributed by atoms with E-state index in [1.807, 2.05) is 18.2 Å². The number of alkyl halides is 1. The van der Waals surface area contributed by atoms with E-state index in [4.69, 9.17) is 4.74 Å². The molecule has 0 saturated heterocycles. The van der Waals surface area contributed by atoms with E-state index in [0.717, 1.165) is 17.0 Å². The molecule has 1 amide bonds. The Morgan fingerprint density at radius 1 is 1.64 bits per heavy atom. The molecule has 0 aliphatic carbocycles. The molecular weight excluding hydrogens is 361 g/mol. The molecule has 0 saturated carbocycles. The van der Waals surface area contributed by atoms with E-state index in [-0.39, 0.29) is 3.91 Å². The molecule has 76 valence electrons. The molecule has 0 aromatic heterocycles. The monoisotopic (exact) mass is 369 g/mol. The predicted molar refractivity (Wildman–Crippen MR) is 68.7 cm³/mol. The largest absolute Gasteiger partial charge is 0.496 e. The minimum atomic E-state index is -0.103. The lowest BCUT2D eigenvalue weighted by molar-refractivity contribution is 0.272. The summed E-state index contributed by atoms with van der Waals surface area (Å²) in [5.74, 6) is 0.813. The maximum absolute atomic E-state index is 10.8. The minimum Gasteiger partial charge on any atom is -0.496 e. The van der Waals surface area contributed by atoms with Crippen molar-refractivity contribution in [2.75, 3.05) is 12.4 Å². The maximum Gasteiger partial charge on any atom is 0.284 e. The van der Waals surface area contributed by atoms with Gasteiger partial charge in [0.05, 0.1) is 7.11 Å². The second kappa shape index (κ2) is 5.55. The number of ether oxygens (including phenoxy) is 1. The van der Waals surface area contributed by atoms with E-state index in [1.54, 1.807) is 29.7 Å². The zero-order chi connectivity index (χ0) is 10.6. The van der Waals surface area contributed by atoms with Crippen molar-refractivity contribution in [2.45, 2.75) is 5.33 Å². The van der Waals surface area contributed by atoms with Gasteiger partial charge in [0, 0.05) is 39.2 Å². The number of carbonyl (C=O) groups excluding carboxylic acids is 1. The lowest BCUT2D eigenvalue weighted by atomic mass is 10.2. The molecule has 1 N–H and O–H groups in total. The first-order chi connectivity index (χ1) is 6.67. The van der Waals surface area contributed by atoms with E-state index in [9.17, 15) is 4.79 Å². The molecule has 1 aromatic rings. The molecule has 0 aliphatic rings. The molecule has 1 aromatic carbocycles. The maximum atomic E-state index is 10.8. The Bertz CT molecular complexity index is 344. The zero-order valence-corrected chi connectivity index (χ0v) is 11.3. The van der Waals surface area contributed by atoms with Crippen LogP contribution in [0.25, 0.3) is 0 Å². The van der Waals surface area contributed by atoms with Gasteiger partial charge in [-0.15, -0.1) is 0 Å². The SMILES string of the molecule is COc1ccc(NC(=O)I)cc1CBr. The number of halogens is 2. The fraction of sp³-hybridized carbons (Fsp3) is 0.222. The van der Waals surface area contributed by atoms with Crippen LogP contribution in [0.15, 0.2) is 18.2 Å². The number of amides is 1. The first-order valence-electron chi connectivity index (χ1n) is 3.86. The van der Waals surface area contributed by atoms with Gasteiger partial charge in [0.25, 0.3) is 3.91 Å². The minimum absolute atomic E-state index is 0.103. The third-order valence-corrected chi connectivity index (χ3v) is 2.54. The fourth-order valence-corrected chi connectivity index (χ4v) is 1.82. The number of benzene rings is 1. The molecule has 0 aliphatic heterocycles. The summed E-state index contributed by atoms with van der Waals surface area (Å²) in [6.45, 7) is 0. The highest BCUT2D eigenvalue weighted by Gasteiger charge is 2.03. The van der Waals surface area contributed by atoms with Crippen LogP contribution in [0.4, 0.5) is 10.5 Å². The molecule has 0 atom stereocenters. The van der Waals surface area contributed by atoms with E-state index in [2.05, 4.69) is 21.2 Å². The Morgan fingerprint density at radius 3 is 2.86 bits per heavy atom. The topological polar surface area (TPSA) is 38.3 Å². The average molecular weight is 370 g/mol. The Balaban J connectivity index is 2.95. The van der Waals surface area contributed by atoms with Crippen molar-refractivity contribution in [3.8, 4) is 5.75 Å². The first-order valence-corrected chi connectivity index (χ1v) is 6.06. The van der Waals surface area contributed by atoms with Crippen molar-refractivity contribution < 1.29 is 9.53 Å². The van der Waals surface area contributed by atoms with Gasteiger partial charge in [0.15, 0.2) is 0 Å². The molecule has 5 heteroatoms. The van der Waals surface area contributed by atoms with Gasteiger partial charge in [-0.3, -0.25) is 4.79 Å². The van der Waals surface area contributed by atoms with Gasteiger partial charge in [0.1, 0.15) is 5.75 Å². The summed E-state index contributed by atoms with van der Waals surface area (Å²) in [6, 6.07) is 5.52. The van der Waals surface area contributed by atoms with Gasteiger partial charge >= 0.3 is 0 Å². The number of nitrogens with one attached hydrogen (secondary N) is 1. The zero-order valence-electron chi connectivity index (χ0n) is 7.51. The number of hydrogen-bond donors (Lipinski definition) is 1. The van der Waals surface area contributed by atoms with Crippen molar-refractivity contribution in [1.29, 1.82) is 0 Å². The van der Waals surface area contributed by atoms with E-state index >= 15 is 0 Å². The standard InChI is InChI=1S/C9H9BrINO2/c1-14-8-3-2-7(12-9(11)13)4-6(8)5-10/h2-4H,5H2,1H3,(H,12,13). The van der Waals surface area contributed by atoms with E-state index in [0.29, 0.717) is 5.33 Å². The molecule has 0 heterocycles. The van der Waals surface area contributed by atoms with Crippen molar-refractivity contribution in [1.82, 2.24) is 0 Å². The molecule has 0 bridgehead atoms. The van der Waals surface area contributed by atoms with Gasteiger partial charge in [-0.1, -0.05) is 15.9 Å². The first kappa shape index (κ1) is 11.8. The van der Waals surface area contributed by atoms with Crippen LogP contribution in [-0.2, 0) is 5.33 Å². The van der Waals surface area contributed by atoms with Gasteiger partial charge in [-0.2, -0.15) is 0 Å². The van der Waals surface area contributed by atoms with Crippen LogP contribution in [0, 0.1) is 0 Å². The van der Waals surface area contributed by atoms with Crippen LogP contribution in [0.3, 0.4) is 0 Å². The summed E-state index contributed by atoms with van der Waals surface area (Å²) in [7, 11) is 1.62. The van der Waals surface area contributed by atoms with Crippen LogP contribution >= 0.6 is 38.5 Å². The van der Waals surface area contributed by atoms with Crippen LogP contribution in [0.2, 0.25) is 0 Å². The third kappa shape index (κ3) is 3.13. The molecule has 3 nitrogen and oxygen atoms in total. The van der Waals surface area contributed by atoms with Gasteiger partial charge < -0.3 is 10.1 Å². The molecule has 14 heavy (non-hydrogen) atoms. The van der Waals surface area contributed by atoms with Gasteiger partial charge in [-0.05, 0) is 18.2 Å². The van der Waals surface area contributed by atoms with E-state index < -0.39 is 0 Å². The highest BCUT2D eigenvalue weighted by Crippen LogP contribution is 2.24. The van der Waals surface area contributed by atoms with Crippen molar-refractivity contribution in [3.63, 3.8) is 0 Å². The summed E-state index contributed by atoms with van der Waals surface area (Å²) in [6.07, 6.45) is 0. The lowest BCUT2D eigenvalue weighted by Gasteiger charge is -2.08. The number of methoxy groups -OCH3 is 1. The summed E-state index contributed by atoms with van der Waals surface area (Å²) >= 11 is 5.05. The molecule has 0 spiro atoms. The summed E-state index contributed by atoms with van der Waals surface area (Å²) in [4.78, 5) is 10.8. The Kier molecular flexibility index (Phi) is 4.67. The predicted octanol–water partition coefficient (Wildman–Crippen LogP) is 3.56. The molecule has 0 fully saturated rings.